The lowest BCUT2D eigenvalue weighted by Crippen LogP contribution is -2.23. The SMILES string of the molecule is O=C(NCc1cccnc1)c1ccc(Cl)c(S(=O)(=O)Nc2ccc(F)cc2)c1. The summed E-state index contributed by atoms with van der Waals surface area (Å²) in [5, 5.41) is 2.65. The number of hydrogen-bond donors (Lipinski definition) is 2. The molecule has 3 aromatic rings. The molecule has 0 aliphatic rings. The van der Waals surface area contributed by atoms with E-state index in [-0.39, 0.29) is 27.7 Å². The van der Waals surface area contributed by atoms with Gasteiger partial charge in [-0.3, -0.25) is 14.5 Å². The first-order valence-corrected chi connectivity index (χ1v) is 9.96. The van der Waals surface area contributed by atoms with Crippen LogP contribution in [0.5, 0.6) is 0 Å². The maximum atomic E-state index is 13.0. The molecule has 0 aliphatic carbocycles. The number of benzene rings is 2. The van der Waals surface area contributed by atoms with Gasteiger partial charge in [-0.2, -0.15) is 0 Å². The van der Waals surface area contributed by atoms with Gasteiger partial charge in [-0.15, -0.1) is 0 Å². The van der Waals surface area contributed by atoms with Crippen LogP contribution in [0.15, 0.2) is 71.9 Å². The van der Waals surface area contributed by atoms with Gasteiger partial charge in [-0.25, -0.2) is 12.8 Å². The van der Waals surface area contributed by atoms with E-state index in [1.165, 1.54) is 30.3 Å². The molecule has 3 rings (SSSR count). The van der Waals surface area contributed by atoms with Crippen molar-refractivity contribution < 1.29 is 17.6 Å². The second kappa shape index (κ2) is 8.37. The third-order valence-electron chi connectivity index (χ3n) is 3.76. The van der Waals surface area contributed by atoms with Gasteiger partial charge in [-0.1, -0.05) is 17.7 Å². The predicted molar refractivity (Wildman–Crippen MR) is 104 cm³/mol. The highest BCUT2D eigenvalue weighted by Gasteiger charge is 2.20. The van der Waals surface area contributed by atoms with Crippen molar-refractivity contribution in [3.8, 4) is 0 Å². The van der Waals surface area contributed by atoms with Crippen LogP contribution >= 0.6 is 11.6 Å². The summed E-state index contributed by atoms with van der Waals surface area (Å²) in [5.74, 6) is -0.952. The Bertz CT molecular complexity index is 1090. The minimum Gasteiger partial charge on any atom is -0.348 e. The van der Waals surface area contributed by atoms with Gasteiger partial charge in [0, 0.05) is 30.2 Å². The molecule has 2 aromatic carbocycles. The first-order chi connectivity index (χ1) is 13.3. The standard InChI is InChI=1S/C19H15ClFN3O3S/c20-17-8-3-14(19(25)23-12-13-2-1-9-22-11-13)10-18(17)28(26,27)24-16-6-4-15(21)5-7-16/h1-11,24H,12H2,(H,23,25). The molecule has 0 bridgehead atoms. The van der Waals surface area contributed by atoms with Gasteiger partial charge in [0.05, 0.1) is 5.02 Å². The lowest BCUT2D eigenvalue weighted by atomic mass is 10.2. The third kappa shape index (κ3) is 4.85. The van der Waals surface area contributed by atoms with Gasteiger partial charge in [-0.05, 0) is 54.1 Å². The Morgan fingerprint density at radius 1 is 1.11 bits per heavy atom. The molecule has 0 unspecified atom stereocenters. The normalized spacial score (nSPS) is 11.1. The van der Waals surface area contributed by atoms with Crippen molar-refractivity contribution in [3.63, 3.8) is 0 Å². The highest BCUT2D eigenvalue weighted by Crippen LogP contribution is 2.25. The monoisotopic (exact) mass is 419 g/mol. The molecule has 1 amide bonds. The van der Waals surface area contributed by atoms with E-state index in [0.717, 1.165) is 17.7 Å². The number of nitrogens with zero attached hydrogens (tertiary/aromatic N) is 1. The number of anilines is 1. The number of rotatable bonds is 6. The van der Waals surface area contributed by atoms with Crippen molar-refractivity contribution in [1.29, 1.82) is 0 Å². The van der Waals surface area contributed by atoms with Gasteiger partial charge >= 0.3 is 0 Å². The van der Waals surface area contributed by atoms with E-state index in [1.54, 1.807) is 24.5 Å². The minimum atomic E-state index is -4.07. The van der Waals surface area contributed by atoms with E-state index >= 15 is 0 Å². The first-order valence-electron chi connectivity index (χ1n) is 8.10. The first kappa shape index (κ1) is 19.8. The topological polar surface area (TPSA) is 88.2 Å². The summed E-state index contributed by atoms with van der Waals surface area (Å²) in [7, 11) is -4.07. The molecule has 0 fully saturated rings. The van der Waals surface area contributed by atoms with Crippen molar-refractivity contribution in [2.45, 2.75) is 11.4 Å². The summed E-state index contributed by atoms with van der Waals surface area (Å²) < 4.78 is 40.6. The molecule has 9 heteroatoms. The number of carbonyl (C=O) groups is 1. The molecule has 0 saturated carbocycles. The Balaban J connectivity index is 1.80. The largest absolute Gasteiger partial charge is 0.348 e. The number of halogens is 2. The van der Waals surface area contributed by atoms with Gasteiger partial charge in [0.1, 0.15) is 10.7 Å². The van der Waals surface area contributed by atoms with Crippen LogP contribution in [-0.2, 0) is 16.6 Å². The van der Waals surface area contributed by atoms with Gasteiger partial charge < -0.3 is 5.32 Å². The van der Waals surface area contributed by atoms with E-state index in [4.69, 9.17) is 11.6 Å². The van der Waals surface area contributed by atoms with Crippen molar-refractivity contribution >= 4 is 33.2 Å². The molecule has 28 heavy (non-hydrogen) atoms. The maximum absolute atomic E-state index is 13.0. The van der Waals surface area contributed by atoms with E-state index in [1.807, 2.05) is 0 Å². The van der Waals surface area contributed by atoms with Crippen molar-refractivity contribution in [3.05, 3.63) is 89.0 Å². The number of hydrogen-bond acceptors (Lipinski definition) is 4. The fourth-order valence-electron chi connectivity index (χ4n) is 2.37. The number of sulfonamides is 1. The van der Waals surface area contributed by atoms with Crippen LogP contribution in [0.25, 0.3) is 0 Å². The van der Waals surface area contributed by atoms with Crippen LogP contribution in [0.1, 0.15) is 15.9 Å². The number of nitrogens with one attached hydrogen (secondary N) is 2. The Morgan fingerprint density at radius 3 is 2.54 bits per heavy atom. The Hall–Kier alpha value is -2.97. The van der Waals surface area contributed by atoms with Crippen molar-refractivity contribution in [2.24, 2.45) is 0 Å². The van der Waals surface area contributed by atoms with Crippen LogP contribution in [0, 0.1) is 5.82 Å². The van der Waals surface area contributed by atoms with E-state index in [2.05, 4.69) is 15.0 Å². The Labute approximate surface area is 166 Å². The molecule has 0 aliphatic heterocycles. The average molecular weight is 420 g/mol. The van der Waals surface area contributed by atoms with Gasteiger partial charge in [0.2, 0.25) is 0 Å². The second-order valence-electron chi connectivity index (χ2n) is 5.80. The summed E-state index contributed by atoms with van der Waals surface area (Å²) >= 11 is 6.03. The maximum Gasteiger partial charge on any atom is 0.263 e. The number of pyridine rings is 1. The Kier molecular flexibility index (Phi) is 5.91. The lowest BCUT2D eigenvalue weighted by Gasteiger charge is -2.11. The molecule has 144 valence electrons. The van der Waals surface area contributed by atoms with E-state index in [0.29, 0.717) is 0 Å². The number of carbonyl (C=O) groups excluding carboxylic acids is 1. The van der Waals surface area contributed by atoms with Gasteiger partial charge in [0.15, 0.2) is 0 Å². The zero-order valence-electron chi connectivity index (χ0n) is 14.4. The highest BCUT2D eigenvalue weighted by atomic mass is 35.5. The fraction of sp³-hybridized carbons (Fsp3) is 0.0526. The molecular formula is C19H15ClFN3O3S. The second-order valence-corrected chi connectivity index (χ2v) is 7.86. The molecule has 2 N–H and O–H groups in total. The average Bonchev–Trinajstić information content (AvgIpc) is 2.69. The summed E-state index contributed by atoms with van der Waals surface area (Å²) in [6, 6.07) is 12.3. The van der Waals surface area contributed by atoms with Gasteiger partial charge in [0.25, 0.3) is 15.9 Å². The van der Waals surface area contributed by atoms with Crippen LogP contribution in [-0.4, -0.2) is 19.3 Å². The van der Waals surface area contributed by atoms with E-state index in [9.17, 15) is 17.6 Å². The molecule has 1 aromatic heterocycles. The fourth-order valence-corrected chi connectivity index (χ4v) is 3.95. The lowest BCUT2D eigenvalue weighted by molar-refractivity contribution is 0.0950. The highest BCUT2D eigenvalue weighted by molar-refractivity contribution is 7.92. The molecular weight excluding hydrogens is 405 g/mol. The zero-order chi connectivity index (χ0) is 20.1. The summed E-state index contributed by atoms with van der Waals surface area (Å²) in [5.41, 5.74) is 1.10. The number of aromatic nitrogens is 1. The Morgan fingerprint density at radius 2 is 1.86 bits per heavy atom. The van der Waals surface area contributed by atoms with Crippen molar-refractivity contribution in [2.75, 3.05) is 4.72 Å². The molecule has 0 atom stereocenters. The summed E-state index contributed by atoms with van der Waals surface area (Å²) in [4.78, 5) is 16.1. The van der Waals surface area contributed by atoms with Crippen molar-refractivity contribution in [1.82, 2.24) is 10.3 Å². The van der Waals surface area contributed by atoms with Crippen LogP contribution < -0.4 is 10.0 Å². The smallest absolute Gasteiger partial charge is 0.263 e. The minimum absolute atomic E-state index is 0.0431. The predicted octanol–water partition coefficient (Wildman–Crippen LogP) is 3.60. The summed E-state index contributed by atoms with van der Waals surface area (Å²) in [6.07, 6.45) is 3.24. The molecule has 6 nitrogen and oxygen atoms in total. The van der Waals surface area contributed by atoms with Crippen LogP contribution in [0.4, 0.5) is 10.1 Å². The molecule has 0 saturated heterocycles. The zero-order valence-corrected chi connectivity index (χ0v) is 16.0. The molecule has 0 radical (unpaired) electrons. The third-order valence-corrected chi connectivity index (χ3v) is 5.62. The quantitative estimate of drug-likeness (QED) is 0.639. The number of amides is 1. The molecule has 1 heterocycles. The van der Waals surface area contributed by atoms with E-state index < -0.39 is 21.7 Å². The molecule has 0 spiro atoms. The summed E-state index contributed by atoms with van der Waals surface area (Å²) in [6.45, 7) is 0.241. The van der Waals surface area contributed by atoms with Crippen LogP contribution in [0.2, 0.25) is 5.02 Å². The van der Waals surface area contributed by atoms with Crippen LogP contribution in [0.3, 0.4) is 0 Å².